The Bertz CT molecular complexity index is 411. The predicted octanol–water partition coefficient (Wildman–Crippen LogP) is 2.00. The van der Waals surface area contributed by atoms with E-state index in [1.165, 1.54) is 11.3 Å². The number of hydrogen-bond acceptors (Lipinski definition) is 4. The maximum atomic E-state index is 12.3. The molecule has 0 aromatic carbocycles. The van der Waals surface area contributed by atoms with Gasteiger partial charge in [-0.05, 0) is 13.8 Å². The maximum Gasteiger partial charge on any atom is 0.264 e. The van der Waals surface area contributed by atoms with Crippen LogP contribution in [0.25, 0.3) is 0 Å². The van der Waals surface area contributed by atoms with Gasteiger partial charge in [-0.15, -0.1) is 23.7 Å². The molecule has 1 aromatic rings. The lowest BCUT2D eigenvalue weighted by Gasteiger charge is -2.38. The lowest BCUT2D eigenvalue weighted by Crippen LogP contribution is -2.57. The van der Waals surface area contributed by atoms with Crippen LogP contribution in [0.5, 0.6) is 5.75 Å². The van der Waals surface area contributed by atoms with Gasteiger partial charge >= 0.3 is 0 Å². The van der Waals surface area contributed by atoms with Crippen LogP contribution in [0.1, 0.15) is 23.5 Å². The van der Waals surface area contributed by atoms with Gasteiger partial charge in [0.05, 0.1) is 12.0 Å². The molecule has 18 heavy (non-hydrogen) atoms. The molecule has 1 aromatic heterocycles. The summed E-state index contributed by atoms with van der Waals surface area (Å²) in [6.07, 6.45) is 0. The van der Waals surface area contributed by atoms with Gasteiger partial charge in [0.15, 0.2) is 0 Å². The molecule has 2 atom stereocenters. The molecule has 1 saturated heterocycles. The fourth-order valence-electron chi connectivity index (χ4n) is 2.02. The number of amides is 1. The largest absolute Gasteiger partial charge is 0.496 e. The van der Waals surface area contributed by atoms with Crippen molar-refractivity contribution in [2.75, 3.05) is 20.2 Å². The van der Waals surface area contributed by atoms with E-state index in [-0.39, 0.29) is 24.4 Å². The molecular formula is C12H19ClN2O2S. The molecule has 102 valence electrons. The second kappa shape index (κ2) is 6.41. The molecule has 2 unspecified atom stereocenters. The fourth-order valence-corrected chi connectivity index (χ4v) is 2.83. The molecule has 0 saturated carbocycles. The van der Waals surface area contributed by atoms with Gasteiger partial charge < -0.3 is 15.0 Å². The number of nitrogens with zero attached hydrogens (tertiary/aromatic N) is 1. The second-order valence-corrected chi connectivity index (χ2v) is 5.24. The number of halogens is 1. The van der Waals surface area contributed by atoms with E-state index in [4.69, 9.17) is 4.74 Å². The highest BCUT2D eigenvalue weighted by Gasteiger charge is 2.29. The number of hydrogen-bond donors (Lipinski definition) is 1. The number of methoxy groups -OCH3 is 1. The van der Waals surface area contributed by atoms with Crippen LogP contribution in [0.15, 0.2) is 11.4 Å². The normalized spacial score (nSPS) is 23.4. The van der Waals surface area contributed by atoms with Gasteiger partial charge in [-0.1, -0.05) is 0 Å². The Kier molecular flexibility index (Phi) is 5.44. The van der Waals surface area contributed by atoms with Crippen LogP contribution in [-0.2, 0) is 0 Å². The minimum absolute atomic E-state index is 0. The number of carbonyl (C=O) groups is 1. The zero-order chi connectivity index (χ0) is 12.4. The summed E-state index contributed by atoms with van der Waals surface area (Å²) in [5.74, 6) is 0.869. The molecule has 2 heterocycles. The molecule has 1 amide bonds. The van der Waals surface area contributed by atoms with Crippen molar-refractivity contribution in [3.05, 3.63) is 16.3 Å². The number of thiophene rings is 1. The van der Waals surface area contributed by atoms with Gasteiger partial charge in [0.1, 0.15) is 5.75 Å². The monoisotopic (exact) mass is 290 g/mol. The first-order chi connectivity index (χ1) is 8.13. The Hall–Kier alpha value is -0.780. The summed E-state index contributed by atoms with van der Waals surface area (Å²) in [5, 5.41) is 5.23. The van der Waals surface area contributed by atoms with Gasteiger partial charge in [-0.2, -0.15) is 0 Å². The number of rotatable bonds is 2. The second-order valence-electron chi connectivity index (χ2n) is 4.33. The quantitative estimate of drug-likeness (QED) is 0.906. The van der Waals surface area contributed by atoms with E-state index in [0.717, 1.165) is 23.7 Å². The summed E-state index contributed by atoms with van der Waals surface area (Å²) in [5.41, 5.74) is 0. The van der Waals surface area contributed by atoms with Crippen molar-refractivity contribution in [1.29, 1.82) is 0 Å². The molecule has 1 aliphatic heterocycles. The van der Waals surface area contributed by atoms with Crippen molar-refractivity contribution >= 4 is 29.7 Å². The first-order valence-corrected chi connectivity index (χ1v) is 6.68. The van der Waals surface area contributed by atoms with Crippen LogP contribution in [-0.4, -0.2) is 43.1 Å². The Morgan fingerprint density at radius 3 is 2.89 bits per heavy atom. The van der Waals surface area contributed by atoms with Crippen LogP contribution in [0.3, 0.4) is 0 Å². The van der Waals surface area contributed by atoms with Gasteiger partial charge in [0, 0.05) is 36.6 Å². The average molecular weight is 291 g/mol. The van der Waals surface area contributed by atoms with Crippen molar-refractivity contribution in [1.82, 2.24) is 10.2 Å². The number of ether oxygens (including phenoxy) is 1. The fraction of sp³-hybridized carbons (Fsp3) is 0.583. The van der Waals surface area contributed by atoms with Gasteiger partial charge in [-0.3, -0.25) is 4.79 Å². The van der Waals surface area contributed by atoms with Gasteiger partial charge in [0.25, 0.3) is 5.91 Å². The van der Waals surface area contributed by atoms with Crippen molar-refractivity contribution in [3.63, 3.8) is 0 Å². The van der Waals surface area contributed by atoms with Crippen molar-refractivity contribution in [2.24, 2.45) is 0 Å². The van der Waals surface area contributed by atoms with Crippen LogP contribution < -0.4 is 10.1 Å². The summed E-state index contributed by atoms with van der Waals surface area (Å²) in [7, 11) is 1.62. The molecule has 0 radical (unpaired) electrons. The van der Waals surface area contributed by atoms with Crippen LogP contribution >= 0.6 is 23.7 Å². The maximum absolute atomic E-state index is 12.3. The third-order valence-corrected chi connectivity index (χ3v) is 4.21. The molecule has 2 rings (SSSR count). The van der Waals surface area contributed by atoms with Crippen LogP contribution in [0.4, 0.5) is 0 Å². The van der Waals surface area contributed by atoms with E-state index >= 15 is 0 Å². The van der Waals surface area contributed by atoms with Crippen molar-refractivity contribution in [3.8, 4) is 5.75 Å². The standard InChI is InChI=1S/C12H18N2O2S.ClH/c1-8-9(2)14(5-4-13-8)12(15)11-6-10(16-3)7-17-11;/h6-9,13H,4-5H2,1-3H3;1H. The van der Waals surface area contributed by atoms with E-state index in [1.807, 2.05) is 16.3 Å². The van der Waals surface area contributed by atoms with E-state index < -0.39 is 0 Å². The molecule has 0 aliphatic carbocycles. The summed E-state index contributed by atoms with van der Waals surface area (Å²) in [6, 6.07) is 2.38. The minimum atomic E-state index is 0. The summed E-state index contributed by atoms with van der Waals surface area (Å²) < 4.78 is 5.11. The number of nitrogens with one attached hydrogen (secondary N) is 1. The van der Waals surface area contributed by atoms with E-state index in [2.05, 4.69) is 19.2 Å². The molecule has 0 bridgehead atoms. The average Bonchev–Trinajstić information content (AvgIpc) is 2.80. The van der Waals surface area contributed by atoms with E-state index in [1.54, 1.807) is 7.11 Å². The SMILES string of the molecule is COc1csc(C(=O)N2CCNC(C)C2C)c1.Cl. The summed E-state index contributed by atoms with van der Waals surface area (Å²) in [6.45, 7) is 5.82. The van der Waals surface area contributed by atoms with Crippen molar-refractivity contribution < 1.29 is 9.53 Å². The number of piperazine rings is 1. The predicted molar refractivity (Wildman–Crippen MR) is 76.1 cm³/mol. The Balaban J connectivity index is 0.00000162. The molecule has 0 spiro atoms. The lowest BCUT2D eigenvalue weighted by molar-refractivity contribution is 0.0608. The Morgan fingerprint density at radius 2 is 2.28 bits per heavy atom. The molecule has 1 aliphatic rings. The molecule has 4 nitrogen and oxygen atoms in total. The topological polar surface area (TPSA) is 41.6 Å². The van der Waals surface area contributed by atoms with Gasteiger partial charge in [0.2, 0.25) is 0 Å². The molecular weight excluding hydrogens is 272 g/mol. The zero-order valence-corrected chi connectivity index (χ0v) is 12.4. The highest BCUT2D eigenvalue weighted by Crippen LogP contribution is 2.24. The van der Waals surface area contributed by atoms with Crippen molar-refractivity contribution in [2.45, 2.75) is 25.9 Å². The smallest absolute Gasteiger partial charge is 0.264 e. The third-order valence-electron chi connectivity index (χ3n) is 3.32. The Labute approximate surface area is 118 Å². The summed E-state index contributed by atoms with van der Waals surface area (Å²) >= 11 is 1.44. The number of carbonyl (C=O) groups excluding carboxylic acids is 1. The Morgan fingerprint density at radius 1 is 1.56 bits per heavy atom. The van der Waals surface area contributed by atoms with Crippen LogP contribution in [0.2, 0.25) is 0 Å². The van der Waals surface area contributed by atoms with E-state index in [9.17, 15) is 4.79 Å². The highest BCUT2D eigenvalue weighted by atomic mass is 35.5. The third kappa shape index (κ3) is 2.96. The minimum Gasteiger partial charge on any atom is -0.496 e. The lowest BCUT2D eigenvalue weighted by atomic mass is 10.1. The molecule has 6 heteroatoms. The van der Waals surface area contributed by atoms with Crippen LogP contribution in [0, 0.1) is 0 Å². The highest BCUT2D eigenvalue weighted by molar-refractivity contribution is 7.12. The molecule has 1 N–H and O–H groups in total. The molecule has 1 fully saturated rings. The van der Waals surface area contributed by atoms with E-state index in [0.29, 0.717) is 6.04 Å². The summed E-state index contributed by atoms with van der Waals surface area (Å²) in [4.78, 5) is 15.0. The van der Waals surface area contributed by atoms with Gasteiger partial charge in [-0.25, -0.2) is 0 Å². The first-order valence-electron chi connectivity index (χ1n) is 5.80. The first kappa shape index (κ1) is 15.3. The zero-order valence-electron chi connectivity index (χ0n) is 10.8.